The van der Waals surface area contributed by atoms with E-state index >= 15 is 0 Å². The first-order valence-corrected chi connectivity index (χ1v) is 8.19. The summed E-state index contributed by atoms with van der Waals surface area (Å²) in [4.78, 5) is 17.9. The Bertz CT molecular complexity index is 1020. The fraction of sp³-hybridized carbons (Fsp3) is 0. The molecule has 2 nitrogen and oxygen atoms in total. The molecule has 24 heavy (non-hydrogen) atoms. The van der Waals surface area contributed by atoms with Crippen molar-refractivity contribution in [2.45, 2.75) is 0 Å². The van der Waals surface area contributed by atoms with Crippen LogP contribution < -0.4 is 0 Å². The maximum Gasteiger partial charge on any atom is 0.195 e. The summed E-state index contributed by atoms with van der Waals surface area (Å²) in [5, 5.41) is 0.889. The summed E-state index contributed by atoms with van der Waals surface area (Å²) in [5.41, 5.74) is 2.05. The zero-order valence-corrected chi connectivity index (χ0v) is 13.3. The van der Waals surface area contributed by atoms with Crippen molar-refractivity contribution in [2.75, 3.05) is 0 Å². The zero-order valence-electron chi connectivity index (χ0n) is 12.5. The number of thiophene rings is 1. The molecule has 4 rings (SSSR count). The molecule has 0 unspecified atom stereocenters. The maximum absolute atomic E-state index is 13.3. The first-order valence-electron chi connectivity index (χ1n) is 7.37. The highest BCUT2D eigenvalue weighted by Gasteiger charge is 2.21. The summed E-state index contributed by atoms with van der Waals surface area (Å²) in [6, 6.07) is 18.2. The second-order valence-electron chi connectivity index (χ2n) is 5.30. The van der Waals surface area contributed by atoms with Crippen LogP contribution in [-0.4, -0.2) is 10.8 Å². The van der Waals surface area contributed by atoms with E-state index in [2.05, 4.69) is 11.1 Å². The lowest BCUT2D eigenvalue weighted by Crippen LogP contribution is -2.02. The fourth-order valence-electron chi connectivity index (χ4n) is 2.67. The summed E-state index contributed by atoms with van der Waals surface area (Å²) in [5.74, 6) is -0.357. The van der Waals surface area contributed by atoms with E-state index in [1.54, 1.807) is 42.7 Å². The third-order valence-corrected chi connectivity index (χ3v) is 5.01. The maximum atomic E-state index is 13.3. The molecule has 4 aromatic rings. The Labute approximate surface area is 142 Å². The van der Waals surface area contributed by atoms with Crippen LogP contribution in [0.1, 0.15) is 15.9 Å². The average molecular weight is 332 g/mol. The molecule has 4 heteroatoms. The largest absolute Gasteiger partial charge is 0.289 e. The van der Waals surface area contributed by atoms with Gasteiger partial charge in [0.1, 0.15) is 5.82 Å². The van der Waals surface area contributed by atoms with Crippen LogP contribution in [0.15, 0.2) is 67.0 Å². The predicted molar refractivity (Wildman–Crippen MR) is 93.7 cm³/mol. The zero-order chi connectivity index (χ0) is 16.5. The Kier molecular flexibility index (Phi) is 3.67. The van der Waals surface area contributed by atoms with Gasteiger partial charge in [-0.15, -0.1) is 11.3 Å². The van der Waals surface area contributed by atoms with Crippen LogP contribution in [0.25, 0.3) is 20.5 Å². The van der Waals surface area contributed by atoms with Crippen molar-refractivity contribution in [3.05, 3.63) is 90.0 Å². The van der Waals surface area contributed by atoms with Gasteiger partial charge in [0.05, 0.1) is 0 Å². The van der Waals surface area contributed by atoms with E-state index in [-0.39, 0.29) is 11.6 Å². The number of hydrogen-bond acceptors (Lipinski definition) is 3. The first-order chi connectivity index (χ1) is 11.7. The van der Waals surface area contributed by atoms with Gasteiger partial charge in [0.15, 0.2) is 5.78 Å². The number of carbonyl (C=O) groups is 1. The van der Waals surface area contributed by atoms with Crippen molar-refractivity contribution in [1.29, 1.82) is 0 Å². The second kappa shape index (κ2) is 5.98. The molecule has 0 bridgehead atoms. The van der Waals surface area contributed by atoms with Crippen molar-refractivity contribution in [3.8, 4) is 10.4 Å². The van der Waals surface area contributed by atoms with Crippen molar-refractivity contribution in [1.82, 2.24) is 4.98 Å². The minimum Gasteiger partial charge on any atom is -0.289 e. The third kappa shape index (κ3) is 2.51. The van der Waals surface area contributed by atoms with Crippen LogP contribution in [0.4, 0.5) is 4.39 Å². The standard InChI is InChI=1S/C20H11FNOS/c21-15-7-5-14(6-8-15)20-18(16-3-1-2-4-17(16)24-20)19(23)13-9-11-22-12-10-13/h1,3-12H. The Morgan fingerprint density at radius 3 is 2.54 bits per heavy atom. The molecule has 0 saturated heterocycles. The number of hydrogen-bond donors (Lipinski definition) is 0. The van der Waals surface area contributed by atoms with Crippen LogP contribution in [0.3, 0.4) is 0 Å². The summed E-state index contributed by atoms with van der Waals surface area (Å²) >= 11 is 1.52. The van der Waals surface area contributed by atoms with Crippen LogP contribution in [0.5, 0.6) is 0 Å². The van der Waals surface area contributed by atoms with Gasteiger partial charge in [-0.1, -0.05) is 24.3 Å². The van der Waals surface area contributed by atoms with E-state index in [1.807, 2.05) is 12.1 Å². The molecule has 0 N–H and O–H groups in total. The van der Waals surface area contributed by atoms with E-state index in [4.69, 9.17) is 0 Å². The van der Waals surface area contributed by atoms with Crippen LogP contribution in [0, 0.1) is 11.9 Å². The molecule has 2 aromatic heterocycles. The summed E-state index contributed by atoms with van der Waals surface area (Å²) in [6.45, 7) is 0. The van der Waals surface area contributed by atoms with Crippen molar-refractivity contribution in [3.63, 3.8) is 0 Å². The molecule has 2 aromatic carbocycles. The lowest BCUT2D eigenvalue weighted by Gasteiger charge is -2.05. The summed E-state index contributed by atoms with van der Waals surface area (Å²) < 4.78 is 14.2. The number of benzene rings is 2. The molecule has 0 aliphatic carbocycles. The molecule has 0 saturated carbocycles. The Hall–Kier alpha value is -2.85. The monoisotopic (exact) mass is 332 g/mol. The molecule has 0 fully saturated rings. The highest BCUT2D eigenvalue weighted by molar-refractivity contribution is 7.22. The van der Waals surface area contributed by atoms with Gasteiger partial charge in [-0.3, -0.25) is 9.78 Å². The fourth-order valence-corrected chi connectivity index (χ4v) is 3.85. The van der Waals surface area contributed by atoms with E-state index in [0.29, 0.717) is 11.1 Å². The minimum atomic E-state index is -0.296. The van der Waals surface area contributed by atoms with E-state index in [1.165, 1.54) is 23.5 Å². The topological polar surface area (TPSA) is 30.0 Å². The average Bonchev–Trinajstić information content (AvgIpc) is 3.02. The van der Waals surface area contributed by atoms with Gasteiger partial charge in [0, 0.05) is 38.5 Å². The predicted octanol–water partition coefficient (Wildman–Crippen LogP) is 5.13. The van der Waals surface area contributed by atoms with Gasteiger partial charge >= 0.3 is 0 Å². The summed E-state index contributed by atoms with van der Waals surface area (Å²) in [6.07, 6.45) is 3.21. The number of rotatable bonds is 3. The van der Waals surface area contributed by atoms with Gasteiger partial charge in [-0.25, -0.2) is 4.39 Å². The summed E-state index contributed by atoms with van der Waals surface area (Å²) in [7, 11) is 0. The number of fused-ring (bicyclic) bond motifs is 1. The quantitative estimate of drug-likeness (QED) is 0.487. The lowest BCUT2D eigenvalue weighted by molar-refractivity contribution is 0.104. The molecular weight excluding hydrogens is 321 g/mol. The number of pyridine rings is 1. The van der Waals surface area contributed by atoms with Crippen LogP contribution >= 0.6 is 11.3 Å². The number of aromatic nitrogens is 1. The third-order valence-electron chi connectivity index (χ3n) is 3.81. The Balaban J connectivity index is 1.97. The highest BCUT2D eigenvalue weighted by Crippen LogP contribution is 2.39. The van der Waals surface area contributed by atoms with Gasteiger partial charge < -0.3 is 0 Å². The minimum absolute atomic E-state index is 0.0609. The first kappa shape index (κ1) is 14.7. The molecule has 115 valence electrons. The molecule has 0 atom stereocenters. The lowest BCUT2D eigenvalue weighted by atomic mass is 9.98. The normalized spacial score (nSPS) is 10.9. The highest BCUT2D eigenvalue weighted by atomic mass is 32.1. The number of nitrogens with zero attached hydrogens (tertiary/aromatic N) is 1. The van der Waals surface area contributed by atoms with Crippen LogP contribution in [-0.2, 0) is 0 Å². The van der Waals surface area contributed by atoms with E-state index < -0.39 is 0 Å². The molecule has 0 aliphatic rings. The molecule has 1 radical (unpaired) electrons. The molecular formula is C20H11FNOS. The van der Waals surface area contributed by atoms with Gasteiger partial charge in [-0.05, 0) is 42.0 Å². The Morgan fingerprint density at radius 1 is 1.04 bits per heavy atom. The smallest absolute Gasteiger partial charge is 0.195 e. The Morgan fingerprint density at radius 2 is 1.79 bits per heavy atom. The van der Waals surface area contributed by atoms with Crippen molar-refractivity contribution < 1.29 is 9.18 Å². The number of ketones is 1. The number of carbonyl (C=O) groups excluding carboxylic acids is 1. The SMILES string of the molecule is O=C(c1ccncc1)c1c(-c2ccc(F)cc2)sc2c[c]ccc12. The number of halogens is 1. The van der Waals surface area contributed by atoms with Crippen LogP contribution in [0.2, 0.25) is 0 Å². The van der Waals surface area contributed by atoms with Crippen molar-refractivity contribution >= 4 is 27.2 Å². The van der Waals surface area contributed by atoms with Gasteiger partial charge in [-0.2, -0.15) is 0 Å². The molecule has 2 heterocycles. The van der Waals surface area contributed by atoms with Gasteiger partial charge in [0.25, 0.3) is 0 Å². The van der Waals surface area contributed by atoms with Crippen molar-refractivity contribution in [2.24, 2.45) is 0 Å². The molecule has 0 aliphatic heterocycles. The van der Waals surface area contributed by atoms with E-state index in [0.717, 1.165) is 20.5 Å². The molecule has 0 spiro atoms. The van der Waals surface area contributed by atoms with Gasteiger partial charge in [0.2, 0.25) is 0 Å². The van der Waals surface area contributed by atoms with E-state index in [9.17, 15) is 9.18 Å². The second-order valence-corrected chi connectivity index (χ2v) is 6.35. The molecule has 0 amide bonds.